The van der Waals surface area contributed by atoms with E-state index in [-0.39, 0.29) is 0 Å². The quantitative estimate of drug-likeness (QED) is 0.245. The van der Waals surface area contributed by atoms with Crippen molar-refractivity contribution in [3.63, 3.8) is 0 Å². The van der Waals surface area contributed by atoms with Crippen molar-refractivity contribution in [3.8, 4) is 0 Å². The van der Waals surface area contributed by atoms with Gasteiger partial charge in [0.2, 0.25) is 0 Å². The SMILES string of the molecule is CCCCC(CC)COOC=O. The van der Waals surface area contributed by atoms with Gasteiger partial charge in [-0.2, -0.15) is 4.89 Å². The molecule has 0 amide bonds. The zero-order valence-electron chi connectivity index (χ0n) is 7.91. The van der Waals surface area contributed by atoms with Crippen LogP contribution < -0.4 is 0 Å². The fourth-order valence-corrected chi connectivity index (χ4v) is 1.06. The summed E-state index contributed by atoms with van der Waals surface area (Å²) in [4.78, 5) is 18.6. The van der Waals surface area contributed by atoms with Gasteiger partial charge in [0.05, 0.1) is 6.61 Å². The van der Waals surface area contributed by atoms with Gasteiger partial charge in [-0.25, -0.2) is 0 Å². The number of hydrogen-bond acceptors (Lipinski definition) is 3. The second-order valence-corrected chi connectivity index (χ2v) is 2.89. The zero-order valence-corrected chi connectivity index (χ0v) is 7.91. The third-order valence-corrected chi connectivity index (χ3v) is 1.95. The minimum Gasteiger partial charge on any atom is -0.302 e. The normalized spacial score (nSPS) is 12.5. The van der Waals surface area contributed by atoms with Crippen LogP contribution in [0.3, 0.4) is 0 Å². The van der Waals surface area contributed by atoms with Crippen molar-refractivity contribution in [3.05, 3.63) is 0 Å². The predicted molar refractivity (Wildman–Crippen MR) is 46.4 cm³/mol. The maximum absolute atomic E-state index is 9.74. The minimum atomic E-state index is 0.312. The van der Waals surface area contributed by atoms with Crippen LogP contribution in [0.25, 0.3) is 0 Å². The number of carbonyl (C=O) groups is 1. The first-order valence-electron chi connectivity index (χ1n) is 4.57. The van der Waals surface area contributed by atoms with Gasteiger partial charge in [-0.05, 0) is 12.3 Å². The van der Waals surface area contributed by atoms with E-state index in [4.69, 9.17) is 0 Å². The fourth-order valence-electron chi connectivity index (χ4n) is 1.06. The Morgan fingerprint density at radius 1 is 1.42 bits per heavy atom. The Kier molecular flexibility index (Phi) is 8.12. The van der Waals surface area contributed by atoms with Crippen molar-refractivity contribution in [2.75, 3.05) is 6.61 Å². The van der Waals surface area contributed by atoms with Crippen molar-refractivity contribution < 1.29 is 14.6 Å². The van der Waals surface area contributed by atoms with Gasteiger partial charge in [0.15, 0.2) is 0 Å². The molecule has 3 heteroatoms. The first-order valence-corrected chi connectivity index (χ1v) is 4.57. The summed E-state index contributed by atoms with van der Waals surface area (Å²) in [5, 5.41) is 0. The van der Waals surface area contributed by atoms with Gasteiger partial charge in [0.25, 0.3) is 0 Å². The van der Waals surface area contributed by atoms with E-state index in [2.05, 4.69) is 23.6 Å². The fraction of sp³-hybridized carbons (Fsp3) is 0.889. The van der Waals surface area contributed by atoms with Crippen molar-refractivity contribution in [2.24, 2.45) is 5.92 Å². The molecule has 1 unspecified atom stereocenters. The standard InChI is InChI=1S/C9H18O3/c1-3-5-6-9(4-2)7-11-12-8-10/h8-9H,3-7H2,1-2H3. The second kappa shape index (κ2) is 8.53. The number of rotatable bonds is 8. The van der Waals surface area contributed by atoms with Gasteiger partial charge in [-0.3, -0.25) is 4.79 Å². The van der Waals surface area contributed by atoms with Crippen LogP contribution in [0.5, 0.6) is 0 Å². The van der Waals surface area contributed by atoms with Crippen molar-refractivity contribution in [2.45, 2.75) is 39.5 Å². The maximum atomic E-state index is 9.74. The van der Waals surface area contributed by atoms with E-state index in [0.717, 1.165) is 12.8 Å². The van der Waals surface area contributed by atoms with Gasteiger partial charge in [-0.15, -0.1) is 0 Å². The van der Waals surface area contributed by atoms with E-state index in [1.807, 2.05) is 0 Å². The van der Waals surface area contributed by atoms with E-state index in [1.165, 1.54) is 12.8 Å². The summed E-state index contributed by atoms with van der Waals surface area (Å²) in [6, 6.07) is 0. The van der Waals surface area contributed by atoms with Crippen molar-refractivity contribution >= 4 is 6.47 Å². The van der Waals surface area contributed by atoms with Crippen molar-refractivity contribution in [1.29, 1.82) is 0 Å². The van der Waals surface area contributed by atoms with Crippen LogP contribution in [0, 0.1) is 5.92 Å². The highest BCUT2D eigenvalue weighted by molar-refractivity contribution is 5.35. The molecule has 0 radical (unpaired) electrons. The van der Waals surface area contributed by atoms with Gasteiger partial charge in [0, 0.05) is 0 Å². The Morgan fingerprint density at radius 3 is 2.67 bits per heavy atom. The largest absolute Gasteiger partial charge is 0.330 e. The predicted octanol–water partition coefficient (Wildman–Crippen LogP) is 2.31. The first-order chi connectivity index (χ1) is 5.85. The molecule has 0 aromatic heterocycles. The molecule has 0 heterocycles. The van der Waals surface area contributed by atoms with Crippen LogP contribution in [-0.2, 0) is 14.6 Å². The molecule has 12 heavy (non-hydrogen) atoms. The summed E-state index contributed by atoms with van der Waals surface area (Å²) < 4.78 is 0. The van der Waals surface area contributed by atoms with Crippen LogP contribution >= 0.6 is 0 Å². The topological polar surface area (TPSA) is 35.5 Å². The number of unbranched alkanes of at least 4 members (excludes halogenated alkanes) is 1. The van der Waals surface area contributed by atoms with E-state index >= 15 is 0 Å². The van der Waals surface area contributed by atoms with Crippen LogP contribution in [0.2, 0.25) is 0 Å². The zero-order chi connectivity index (χ0) is 9.23. The van der Waals surface area contributed by atoms with Gasteiger partial charge in [0.1, 0.15) is 0 Å². The van der Waals surface area contributed by atoms with Gasteiger partial charge < -0.3 is 4.89 Å². The Morgan fingerprint density at radius 2 is 2.17 bits per heavy atom. The molecule has 0 N–H and O–H groups in total. The highest BCUT2D eigenvalue weighted by Crippen LogP contribution is 2.12. The summed E-state index contributed by atoms with van der Waals surface area (Å²) in [7, 11) is 0. The van der Waals surface area contributed by atoms with E-state index < -0.39 is 0 Å². The van der Waals surface area contributed by atoms with Gasteiger partial charge in [-0.1, -0.05) is 33.1 Å². The summed E-state index contributed by atoms with van der Waals surface area (Å²) in [5.74, 6) is 0.518. The monoisotopic (exact) mass is 174 g/mol. The Hall–Kier alpha value is -0.570. The Bertz CT molecular complexity index is 104. The molecule has 72 valence electrons. The van der Waals surface area contributed by atoms with Crippen LogP contribution in [0.4, 0.5) is 0 Å². The molecule has 0 spiro atoms. The van der Waals surface area contributed by atoms with Crippen LogP contribution in [0.1, 0.15) is 39.5 Å². The lowest BCUT2D eigenvalue weighted by Gasteiger charge is -2.11. The number of hydrogen-bond donors (Lipinski definition) is 0. The summed E-state index contributed by atoms with van der Waals surface area (Å²) in [6.07, 6.45) is 4.63. The lowest BCUT2D eigenvalue weighted by Crippen LogP contribution is -2.08. The smallest absolute Gasteiger partial charge is 0.302 e. The van der Waals surface area contributed by atoms with E-state index in [0.29, 0.717) is 19.0 Å². The summed E-state index contributed by atoms with van der Waals surface area (Å²) in [5.41, 5.74) is 0. The Balaban J connectivity index is 3.32. The summed E-state index contributed by atoms with van der Waals surface area (Å²) in [6.45, 7) is 5.11. The molecular weight excluding hydrogens is 156 g/mol. The van der Waals surface area contributed by atoms with E-state index in [9.17, 15) is 4.79 Å². The highest BCUT2D eigenvalue weighted by Gasteiger charge is 2.05. The molecule has 0 bridgehead atoms. The molecule has 3 nitrogen and oxygen atoms in total. The molecule has 0 saturated heterocycles. The van der Waals surface area contributed by atoms with Gasteiger partial charge >= 0.3 is 6.47 Å². The third kappa shape index (κ3) is 6.16. The second-order valence-electron chi connectivity index (χ2n) is 2.89. The molecule has 0 fully saturated rings. The molecule has 0 saturated carbocycles. The highest BCUT2D eigenvalue weighted by atomic mass is 17.2. The molecule has 0 aromatic rings. The lowest BCUT2D eigenvalue weighted by molar-refractivity contribution is -0.265. The molecule has 0 aliphatic carbocycles. The summed E-state index contributed by atoms with van der Waals surface area (Å²) >= 11 is 0. The third-order valence-electron chi connectivity index (χ3n) is 1.95. The van der Waals surface area contributed by atoms with Crippen molar-refractivity contribution in [1.82, 2.24) is 0 Å². The molecular formula is C9H18O3. The molecule has 0 aliphatic rings. The Labute approximate surface area is 74.0 Å². The minimum absolute atomic E-state index is 0.312. The molecule has 1 atom stereocenters. The molecule has 0 aliphatic heterocycles. The first kappa shape index (κ1) is 11.4. The van der Waals surface area contributed by atoms with Crippen LogP contribution in [-0.4, -0.2) is 13.1 Å². The average molecular weight is 174 g/mol. The molecule has 0 rings (SSSR count). The number of carbonyl (C=O) groups excluding carboxylic acids is 1. The maximum Gasteiger partial charge on any atom is 0.330 e. The van der Waals surface area contributed by atoms with E-state index in [1.54, 1.807) is 0 Å². The van der Waals surface area contributed by atoms with Crippen LogP contribution in [0.15, 0.2) is 0 Å². The molecule has 0 aromatic carbocycles. The lowest BCUT2D eigenvalue weighted by atomic mass is 10.0. The average Bonchev–Trinajstić information content (AvgIpc) is 2.11.